The maximum absolute atomic E-state index is 12.6. The number of carbonyl (C=O) groups is 1. The number of ether oxygens (including phenoxy) is 2. The summed E-state index contributed by atoms with van der Waals surface area (Å²) in [5, 5.41) is 2.03. The number of rotatable bonds is 11. The molecule has 25 heteroatoms. The average Bonchev–Trinajstić information content (AvgIpc) is 3.52. The van der Waals surface area contributed by atoms with Gasteiger partial charge in [-0.1, -0.05) is 33.4 Å². The van der Waals surface area contributed by atoms with Crippen LogP contribution in [-0.2, 0) is 40.9 Å². The summed E-state index contributed by atoms with van der Waals surface area (Å²) in [5.41, 5.74) is 0.572. The molecular formula is C21H26F3N6O11P3S2. The van der Waals surface area contributed by atoms with Crippen LogP contribution in [0.25, 0.3) is 11.0 Å². The van der Waals surface area contributed by atoms with Crippen LogP contribution in [0.4, 0.5) is 19.0 Å². The number of fused-ring (bicyclic) bond motifs is 1. The molecular weight excluding hydrogens is 726 g/mol. The molecule has 0 spiro atoms. The molecule has 2 aromatic heterocycles. The molecule has 5 atom stereocenters. The second-order valence-electron chi connectivity index (χ2n) is 9.21. The number of aliphatic imine (C=N–C) groups is 1. The van der Waals surface area contributed by atoms with Crippen molar-refractivity contribution in [3.63, 3.8) is 0 Å². The Morgan fingerprint density at radius 3 is 2.70 bits per heavy atom. The Morgan fingerprint density at radius 1 is 1.33 bits per heavy atom. The van der Waals surface area contributed by atoms with Crippen molar-refractivity contribution in [3.05, 3.63) is 18.1 Å². The van der Waals surface area contributed by atoms with Crippen molar-refractivity contribution in [2.24, 2.45) is 4.99 Å². The molecule has 254 valence electrons. The van der Waals surface area contributed by atoms with E-state index in [0.29, 0.717) is 11.0 Å². The Hall–Kier alpha value is -1.82. The summed E-state index contributed by atoms with van der Waals surface area (Å²) in [6.07, 6.45) is -1.03. The lowest BCUT2D eigenvalue weighted by atomic mass is 10.2. The van der Waals surface area contributed by atoms with E-state index in [1.165, 1.54) is 40.5 Å². The first-order chi connectivity index (χ1) is 21.6. The van der Waals surface area contributed by atoms with Crippen molar-refractivity contribution in [2.75, 3.05) is 39.4 Å². The largest absolute Gasteiger partial charge is 0.488 e. The predicted octanol–water partition coefficient (Wildman–Crippen LogP) is 3.83. The zero-order valence-corrected chi connectivity index (χ0v) is 28.2. The third kappa shape index (κ3) is 10.1. The lowest BCUT2D eigenvalue weighted by Crippen LogP contribution is -2.36. The Bertz CT molecular complexity index is 1580. The van der Waals surface area contributed by atoms with Crippen LogP contribution >= 0.6 is 45.8 Å². The number of amides is 1. The lowest BCUT2D eigenvalue weighted by molar-refractivity contribution is -0.173. The molecule has 17 nitrogen and oxygen atoms in total. The third-order valence-corrected chi connectivity index (χ3v) is 11.8. The molecule has 4 rings (SSSR count). The number of phosphoric acid groups is 2. The molecule has 2 saturated heterocycles. The molecule has 2 aliphatic rings. The van der Waals surface area contributed by atoms with Gasteiger partial charge in [-0.2, -0.15) is 17.5 Å². The van der Waals surface area contributed by atoms with Gasteiger partial charge < -0.3 is 38.6 Å². The molecule has 2 fully saturated rings. The fourth-order valence-electron chi connectivity index (χ4n) is 3.90. The Balaban J connectivity index is 1.62. The van der Waals surface area contributed by atoms with Crippen LogP contribution in [-0.4, -0.2) is 99.3 Å². The van der Waals surface area contributed by atoms with Gasteiger partial charge in [-0.05, 0) is 6.26 Å². The molecule has 2 aliphatic heterocycles. The fourth-order valence-corrected chi connectivity index (χ4v) is 8.88. The van der Waals surface area contributed by atoms with E-state index in [0.717, 1.165) is 0 Å². The Kier molecular flexibility index (Phi) is 12.5. The number of carbonyl (C=O) groups excluding carboxylic acids is 1. The first kappa shape index (κ1) is 37.0. The number of hydrogen-bond donors (Lipinski definition) is 3. The van der Waals surface area contributed by atoms with Gasteiger partial charge >= 0.3 is 36.3 Å². The van der Waals surface area contributed by atoms with Crippen molar-refractivity contribution >= 4 is 74.9 Å². The molecule has 0 saturated carbocycles. The van der Waals surface area contributed by atoms with Crippen LogP contribution in [0.5, 0.6) is 0 Å². The van der Waals surface area contributed by atoms with Gasteiger partial charge in [0, 0.05) is 26.7 Å². The molecule has 0 aliphatic carbocycles. The number of aromatic nitrogens is 3. The lowest BCUT2D eigenvalue weighted by Gasteiger charge is -2.27. The van der Waals surface area contributed by atoms with Crippen LogP contribution in [0.2, 0.25) is 0 Å². The molecule has 2 aromatic rings. The SMILES string of the molecule is CSSCOC1C[C@H](n2cc(C#CCNC(=O)C(F)(F)F)c3c(N=CN(C)C)ncnc32)O[C@@H]1COP1OP(=O)(O)OP(=O)(O)O1. The van der Waals surface area contributed by atoms with Crippen molar-refractivity contribution < 1.29 is 63.8 Å². The zero-order chi connectivity index (χ0) is 33.7. The Labute approximate surface area is 268 Å². The summed E-state index contributed by atoms with van der Waals surface area (Å²) in [6.45, 7) is -0.966. The highest BCUT2D eigenvalue weighted by Crippen LogP contribution is 2.76. The molecule has 0 radical (unpaired) electrons. The summed E-state index contributed by atoms with van der Waals surface area (Å²) in [5.74, 6) is 3.52. The summed E-state index contributed by atoms with van der Waals surface area (Å²) in [7, 11) is -6.32. The number of alkyl halides is 3. The topological polar surface area (TPSA) is 205 Å². The number of nitrogens with one attached hydrogen (secondary N) is 1. The average molecular weight is 753 g/mol. The van der Waals surface area contributed by atoms with E-state index in [1.54, 1.807) is 28.9 Å². The maximum Gasteiger partial charge on any atom is 0.488 e. The molecule has 3 unspecified atom stereocenters. The van der Waals surface area contributed by atoms with Gasteiger partial charge in [-0.25, -0.2) is 32.7 Å². The molecule has 3 N–H and O–H groups in total. The molecule has 1 amide bonds. The van der Waals surface area contributed by atoms with Crippen LogP contribution in [0, 0.1) is 11.8 Å². The monoisotopic (exact) mass is 752 g/mol. The number of halogens is 3. The summed E-state index contributed by atoms with van der Waals surface area (Å²) in [6, 6.07) is 0. The highest BCUT2D eigenvalue weighted by atomic mass is 33.1. The summed E-state index contributed by atoms with van der Waals surface area (Å²) >= 11 is 0. The minimum atomic E-state index is -5.06. The van der Waals surface area contributed by atoms with Crippen LogP contribution in [0.1, 0.15) is 18.2 Å². The normalized spacial score (nSPS) is 28.3. The maximum atomic E-state index is 12.6. The first-order valence-electron chi connectivity index (χ1n) is 12.6. The quantitative estimate of drug-likeness (QED) is 0.0567. The molecule has 4 heterocycles. The van der Waals surface area contributed by atoms with Crippen LogP contribution in [0.15, 0.2) is 17.5 Å². The van der Waals surface area contributed by atoms with Gasteiger partial charge in [-0.3, -0.25) is 4.79 Å². The number of hydrogen-bond acceptors (Lipinski definition) is 14. The van der Waals surface area contributed by atoms with Crippen molar-refractivity contribution in [1.29, 1.82) is 0 Å². The van der Waals surface area contributed by atoms with E-state index in [-0.39, 0.29) is 30.3 Å². The van der Waals surface area contributed by atoms with E-state index in [1.807, 2.05) is 6.26 Å². The number of nitrogens with zero attached hydrogens (tertiary/aromatic N) is 5. The second kappa shape index (κ2) is 15.6. The van der Waals surface area contributed by atoms with Gasteiger partial charge in [0.15, 0.2) is 5.82 Å². The minimum absolute atomic E-state index is 0.196. The van der Waals surface area contributed by atoms with Gasteiger partial charge in [0.1, 0.15) is 30.2 Å². The minimum Gasteiger partial charge on any atom is -0.369 e. The highest BCUT2D eigenvalue weighted by Gasteiger charge is 2.49. The second-order valence-corrected chi connectivity index (χ2v) is 16.3. The third-order valence-electron chi connectivity index (χ3n) is 5.65. The van der Waals surface area contributed by atoms with Crippen molar-refractivity contribution in [2.45, 2.75) is 31.0 Å². The van der Waals surface area contributed by atoms with Gasteiger partial charge in [-0.15, -0.1) is 0 Å². The Morgan fingerprint density at radius 2 is 2.04 bits per heavy atom. The van der Waals surface area contributed by atoms with E-state index in [2.05, 4.69) is 39.7 Å². The molecule has 0 bridgehead atoms. The van der Waals surface area contributed by atoms with E-state index in [9.17, 15) is 36.9 Å². The van der Waals surface area contributed by atoms with E-state index in [4.69, 9.17) is 14.0 Å². The van der Waals surface area contributed by atoms with E-state index >= 15 is 0 Å². The van der Waals surface area contributed by atoms with E-state index < -0.39 is 61.3 Å². The van der Waals surface area contributed by atoms with Crippen molar-refractivity contribution in [1.82, 2.24) is 24.8 Å². The standard InChI is InChI=1S/C21H26F3N6O11P3S2/c1-29(2)11-28-18-17-13(5-4-6-25-20(31)21(22,23)24)8-30(19(17)27-10-26-18)16-7-14(36-12-46-45-3)15(38-16)9-37-42-39-43(32,33)41-44(34,35)40-42/h8,10-11,14-16H,6-7,9,12H2,1-3H3,(H,25,31)(H,32,33)(H,34,35)/t14?,15-,16-/m1/s1. The molecule has 46 heavy (non-hydrogen) atoms. The van der Waals surface area contributed by atoms with Gasteiger partial charge in [0.05, 0.1) is 36.5 Å². The molecule has 0 aromatic carbocycles. The van der Waals surface area contributed by atoms with Crippen LogP contribution in [0.3, 0.4) is 0 Å². The van der Waals surface area contributed by atoms with Gasteiger partial charge in [0.2, 0.25) is 0 Å². The van der Waals surface area contributed by atoms with Crippen LogP contribution < -0.4 is 5.32 Å². The summed E-state index contributed by atoms with van der Waals surface area (Å²) < 4.78 is 93.8. The summed E-state index contributed by atoms with van der Waals surface area (Å²) in [4.78, 5) is 44.8. The van der Waals surface area contributed by atoms with Gasteiger partial charge in [0.25, 0.3) is 0 Å². The predicted molar refractivity (Wildman–Crippen MR) is 160 cm³/mol. The zero-order valence-electron chi connectivity index (χ0n) is 23.9. The first-order valence-corrected chi connectivity index (χ1v) is 19.4. The smallest absolute Gasteiger partial charge is 0.369 e. The van der Waals surface area contributed by atoms with Crippen molar-refractivity contribution in [3.8, 4) is 11.8 Å². The fraction of sp³-hybridized carbons (Fsp3) is 0.524. The highest BCUT2D eigenvalue weighted by molar-refractivity contribution is 8.76.